The molecule has 2 N–H and O–H groups in total. The standard InChI is InChI=1S/C22H19ClF2N4O3S/c23-13-1-3-17-15(9-13)21(32)29(18-4-2-14(24)10-16(18)25)22(27-17)33-11-19(30)28-7-5-12(6-8-28)20(26)31/h1-4,9-10,12H,5-8,11H2,(H2,26,31). The van der Waals surface area contributed by atoms with Gasteiger partial charge < -0.3 is 10.6 Å². The van der Waals surface area contributed by atoms with E-state index in [2.05, 4.69) is 4.98 Å². The highest BCUT2D eigenvalue weighted by Gasteiger charge is 2.26. The van der Waals surface area contributed by atoms with Crippen molar-refractivity contribution < 1.29 is 18.4 Å². The smallest absolute Gasteiger partial charge is 0.266 e. The molecule has 0 bridgehead atoms. The molecule has 1 aliphatic heterocycles. The van der Waals surface area contributed by atoms with Crippen molar-refractivity contribution >= 4 is 46.1 Å². The van der Waals surface area contributed by atoms with Gasteiger partial charge in [0.25, 0.3) is 5.56 Å². The Kier molecular flexibility index (Phi) is 6.66. The molecule has 1 fully saturated rings. The lowest BCUT2D eigenvalue weighted by Crippen LogP contribution is -2.42. The maximum atomic E-state index is 14.6. The summed E-state index contributed by atoms with van der Waals surface area (Å²) in [6, 6.07) is 7.41. The van der Waals surface area contributed by atoms with Crippen molar-refractivity contribution in [1.82, 2.24) is 14.5 Å². The molecule has 2 aromatic carbocycles. The lowest BCUT2D eigenvalue weighted by Gasteiger charge is -2.30. The van der Waals surface area contributed by atoms with E-state index >= 15 is 0 Å². The van der Waals surface area contributed by atoms with Crippen LogP contribution in [0.1, 0.15) is 12.8 Å². The Morgan fingerprint density at radius 2 is 1.88 bits per heavy atom. The molecule has 0 spiro atoms. The number of carbonyl (C=O) groups excluding carboxylic acids is 2. The van der Waals surface area contributed by atoms with Gasteiger partial charge in [0.1, 0.15) is 11.6 Å². The summed E-state index contributed by atoms with van der Waals surface area (Å²) in [5.41, 5.74) is 4.89. The van der Waals surface area contributed by atoms with Gasteiger partial charge in [-0.05, 0) is 43.2 Å². The Morgan fingerprint density at radius 1 is 1.15 bits per heavy atom. The average molecular weight is 493 g/mol. The zero-order chi connectivity index (χ0) is 23.7. The lowest BCUT2D eigenvalue weighted by molar-refractivity contribution is -0.132. The number of nitrogens with zero attached hydrogens (tertiary/aromatic N) is 3. The van der Waals surface area contributed by atoms with E-state index in [4.69, 9.17) is 17.3 Å². The van der Waals surface area contributed by atoms with Gasteiger partial charge in [0.15, 0.2) is 5.16 Å². The van der Waals surface area contributed by atoms with Crippen LogP contribution in [0.5, 0.6) is 0 Å². The molecule has 0 radical (unpaired) electrons. The number of benzene rings is 2. The number of hydrogen-bond donors (Lipinski definition) is 1. The lowest BCUT2D eigenvalue weighted by atomic mass is 9.96. The Morgan fingerprint density at radius 3 is 2.55 bits per heavy atom. The van der Waals surface area contributed by atoms with E-state index in [0.717, 1.165) is 28.5 Å². The fourth-order valence-corrected chi connectivity index (χ4v) is 4.82. The predicted octanol–water partition coefficient (Wildman–Crippen LogP) is 3.13. The highest BCUT2D eigenvalue weighted by molar-refractivity contribution is 7.99. The van der Waals surface area contributed by atoms with E-state index in [9.17, 15) is 23.2 Å². The van der Waals surface area contributed by atoms with E-state index in [0.29, 0.717) is 42.5 Å². The number of amides is 2. The summed E-state index contributed by atoms with van der Waals surface area (Å²) in [6.45, 7) is 0.798. The highest BCUT2D eigenvalue weighted by Crippen LogP contribution is 2.25. The minimum absolute atomic E-state index is 0.0599. The Bertz CT molecular complexity index is 1310. The quantitative estimate of drug-likeness (QED) is 0.436. The molecule has 1 aliphatic rings. The molecule has 2 heterocycles. The van der Waals surface area contributed by atoms with Crippen LogP contribution in [0.3, 0.4) is 0 Å². The molecular formula is C22H19ClF2N4O3S. The van der Waals surface area contributed by atoms with E-state index in [1.165, 1.54) is 6.07 Å². The number of thioether (sulfide) groups is 1. The number of primary amides is 1. The summed E-state index contributed by atoms with van der Waals surface area (Å²) in [5, 5.41) is 0.554. The third kappa shape index (κ3) is 4.86. The molecular weight excluding hydrogens is 474 g/mol. The van der Waals surface area contributed by atoms with Crippen LogP contribution >= 0.6 is 23.4 Å². The van der Waals surface area contributed by atoms with Crippen LogP contribution < -0.4 is 11.3 Å². The monoisotopic (exact) mass is 492 g/mol. The first-order valence-corrected chi connectivity index (χ1v) is 11.5. The number of rotatable bonds is 5. The number of aromatic nitrogens is 2. The molecule has 33 heavy (non-hydrogen) atoms. The summed E-state index contributed by atoms with van der Waals surface area (Å²) in [7, 11) is 0. The van der Waals surface area contributed by atoms with E-state index in [1.807, 2.05) is 0 Å². The van der Waals surface area contributed by atoms with Gasteiger partial charge in [0.2, 0.25) is 11.8 Å². The molecule has 7 nitrogen and oxygen atoms in total. The summed E-state index contributed by atoms with van der Waals surface area (Å²) in [4.78, 5) is 43.4. The van der Waals surface area contributed by atoms with Gasteiger partial charge in [-0.1, -0.05) is 23.4 Å². The number of hydrogen-bond acceptors (Lipinski definition) is 5. The Labute approximate surface area is 196 Å². The highest BCUT2D eigenvalue weighted by atomic mass is 35.5. The first-order valence-electron chi connectivity index (χ1n) is 10.1. The van der Waals surface area contributed by atoms with Gasteiger partial charge >= 0.3 is 0 Å². The molecule has 11 heteroatoms. The van der Waals surface area contributed by atoms with Crippen molar-refractivity contribution in [2.45, 2.75) is 18.0 Å². The summed E-state index contributed by atoms with van der Waals surface area (Å²) in [6.07, 6.45) is 0.985. The molecule has 172 valence electrons. The maximum absolute atomic E-state index is 14.6. The summed E-state index contributed by atoms with van der Waals surface area (Å²) < 4.78 is 29.1. The molecule has 0 aliphatic carbocycles. The van der Waals surface area contributed by atoms with Crippen molar-refractivity contribution in [3.8, 4) is 5.69 Å². The third-order valence-corrected chi connectivity index (χ3v) is 6.68. The number of halogens is 3. The minimum Gasteiger partial charge on any atom is -0.369 e. The normalized spacial score (nSPS) is 14.6. The molecule has 0 unspecified atom stereocenters. The first kappa shape index (κ1) is 23.2. The van der Waals surface area contributed by atoms with E-state index in [-0.39, 0.29) is 39.7 Å². The molecule has 2 amide bonds. The fraction of sp³-hybridized carbons (Fsp3) is 0.273. The zero-order valence-corrected chi connectivity index (χ0v) is 18.8. The zero-order valence-electron chi connectivity index (χ0n) is 17.3. The third-order valence-electron chi connectivity index (χ3n) is 5.52. The van der Waals surface area contributed by atoms with Crippen molar-refractivity contribution in [2.24, 2.45) is 11.7 Å². The SMILES string of the molecule is NC(=O)C1CCN(C(=O)CSc2nc3ccc(Cl)cc3c(=O)n2-c2ccc(F)cc2F)CC1. The topological polar surface area (TPSA) is 98.3 Å². The number of piperidine rings is 1. The summed E-state index contributed by atoms with van der Waals surface area (Å²) in [5.74, 6) is -2.62. The number of nitrogens with two attached hydrogens (primary N) is 1. The van der Waals surface area contributed by atoms with Crippen molar-refractivity contribution in [1.29, 1.82) is 0 Å². The van der Waals surface area contributed by atoms with E-state index in [1.54, 1.807) is 17.0 Å². The van der Waals surface area contributed by atoms with Gasteiger partial charge in [-0.2, -0.15) is 0 Å². The van der Waals surface area contributed by atoms with Crippen LogP contribution in [-0.4, -0.2) is 45.1 Å². The van der Waals surface area contributed by atoms with Gasteiger partial charge in [-0.3, -0.25) is 19.0 Å². The molecule has 1 aromatic heterocycles. The van der Waals surface area contributed by atoms with Gasteiger partial charge in [0.05, 0.1) is 22.3 Å². The number of fused-ring (bicyclic) bond motifs is 1. The van der Waals surface area contributed by atoms with Gasteiger partial charge in [-0.15, -0.1) is 0 Å². The minimum atomic E-state index is -0.943. The largest absolute Gasteiger partial charge is 0.369 e. The molecule has 3 aromatic rings. The predicted molar refractivity (Wildman–Crippen MR) is 121 cm³/mol. The molecule has 1 saturated heterocycles. The second kappa shape index (κ2) is 9.48. The Balaban J connectivity index is 1.66. The van der Waals surface area contributed by atoms with Crippen LogP contribution in [-0.2, 0) is 9.59 Å². The molecule has 0 atom stereocenters. The van der Waals surface area contributed by atoms with Crippen molar-refractivity contribution in [2.75, 3.05) is 18.8 Å². The average Bonchev–Trinajstić information content (AvgIpc) is 2.79. The maximum Gasteiger partial charge on any atom is 0.266 e. The Hall–Kier alpha value is -2.98. The summed E-state index contributed by atoms with van der Waals surface area (Å²) >= 11 is 6.99. The van der Waals surface area contributed by atoms with Crippen LogP contribution in [0.4, 0.5) is 8.78 Å². The number of carbonyl (C=O) groups is 2. The molecule has 4 rings (SSSR count). The van der Waals surface area contributed by atoms with Gasteiger partial charge in [-0.25, -0.2) is 13.8 Å². The first-order chi connectivity index (χ1) is 15.7. The van der Waals surface area contributed by atoms with Crippen LogP contribution in [0.2, 0.25) is 5.02 Å². The van der Waals surface area contributed by atoms with Crippen LogP contribution in [0, 0.1) is 17.6 Å². The second-order valence-electron chi connectivity index (χ2n) is 7.64. The van der Waals surface area contributed by atoms with Crippen LogP contribution in [0.25, 0.3) is 16.6 Å². The second-order valence-corrected chi connectivity index (χ2v) is 9.02. The van der Waals surface area contributed by atoms with Crippen molar-refractivity contribution in [3.05, 3.63) is 63.4 Å². The fourth-order valence-electron chi connectivity index (χ4n) is 3.74. The van der Waals surface area contributed by atoms with Gasteiger partial charge in [0, 0.05) is 30.1 Å². The van der Waals surface area contributed by atoms with E-state index < -0.39 is 17.2 Å². The van der Waals surface area contributed by atoms with Crippen molar-refractivity contribution in [3.63, 3.8) is 0 Å². The molecule has 0 saturated carbocycles. The van der Waals surface area contributed by atoms with Crippen LogP contribution in [0.15, 0.2) is 46.3 Å². The number of likely N-dealkylation sites (tertiary alicyclic amines) is 1.